The average molecular weight is 281 g/mol. The number of rotatable bonds is 9. The molecule has 0 amide bonds. The van der Waals surface area contributed by atoms with Gasteiger partial charge >= 0.3 is 0 Å². The number of ether oxygens (including phenoxy) is 1. The summed E-state index contributed by atoms with van der Waals surface area (Å²) in [7, 11) is 2.18. The van der Waals surface area contributed by atoms with Crippen molar-refractivity contribution >= 4 is 0 Å². The van der Waals surface area contributed by atoms with E-state index in [2.05, 4.69) is 37.2 Å². The van der Waals surface area contributed by atoms with Gasteiger partial charge in [-0.05, 0) is 58.2 Å². The minimum Gasteiger partial charge on any atom is -0.381 e. The Bertz CT molecular complexity index is 297. The van der Waals surface area contributed by atoms with Gasteiger partial charge in [0.15, 0.2) is 0 Å². The molecule has 0 radical (unpaired) electrons. The summed E-state index contributed by atoms with van der Waals surface area (Å²) in [5.74, 6) is 0.689. The molecule has 4 heteroatoms. The van der Waals surface area contributed by atoms with Crippen LogP contribution in [-0.4, -0.2) is 50.3 Å². The number of nitrogens with zero attached hydrogens (tertiary/aromatic N) is 2. The molecule has 1 aliphatic rings. The van der Waals surface area contributed by atoms with Crippen molar-refractivity contribution in [2.24, 2.45) is 5.92 Å². The van der Waals surface area contributed by atoms with Crippen molar-refractivity contribution in [1.29, 1.82) is 5.26 Å². The SMILES string of the molecule is CCNC(C#N)(CC)CCCN(C)CC1CCCOC1. The van der Waals surface area contributed by atoms with E-state index in [0.29, 0.717) is 5.92 Å². The van der Waals surface area contributed by atoms with Gasteiger partial charge in [-0.1, -0.05) is 13.8 Å². The average Bonchev–Trinajstić information content (AvgIpc) is 2.47. The molecule has 4 nitrogen and oxygen atoms in total. The Balaban J connectivity index is 2.25. The normalized spacial score (nSPS) is 22.4. The minimum absolute atomic E-state index is 0.330. The lowest BCUT2D eigenvalue weighted by atomic mass is 9.91. The molecule has 20 heavy (non-hydrogen) atoms. The van der Waals surface area contributed by atoms with E-state index in [1.54, 1.807) is 0 Å². The summed E-state index contributed by atoms with van der Waals surface area (Å²) in [6, 6.07) is 2.47. The van der Waals surface area contributed by atoms with E-state index in [1.807, 2.05) is 0 Å². The third-order valence-corrected chi connectivity index (χ3v) is 4.30. The van der Waals surface area contributed by atoms with Crippen LogP contribution in [0.5, 0.6) is 0 Å². The monoisotopic (exact) mass is 281 g/mol. The van der Waals surface area contributed by atoms with Gasteiger partial charge in [-0.2, -0.15) is 5.26 Å². The molecule has 2 atom stereocenters. The second kappa shape index (κ2) is 9.33. The Labute approximate surface area is 124 Å². The molecule has 0 aromatic heterocycles. The van der Waals surface area contributed by atoms with Gasteiger partial charge in [-0.15, -0.1) is 0 Å². The van der Waals surface area contributed by atoms with Gasteiger partial charge in [0.2, 0.25) is 0 Å². The van der Waals surface area contributed by atoms with E-state index in [1.165, 1.54) is 12.8 Å². The van der Waals surface area contributed by atoms with Crippen LogP contribution in [0.3, 0.4) is 0 Å². The maximum Gasteiger partial charge on any atom is 0.106 e. The topological polar surface area (TPSA) is 48.3 Å². The standard InChI is InChI=1S/C16H31N3O/c1-4-16(14-17,18-5-2)9-7-10-19(3)12-15-8-6-11-20-13-15/h15,18H,4-13H2,1-3H3. The number of hydrogen-bond donors (Lipinski definition) is 1. The quantitative estimate of drug-likeness (QED) is 0.705. The molecule has 1 N–H and O–H groups in total. The first-order valence-corrected chi connectivity index (χ1v) is 8.08. The molecule has 0 spiro atoms. The van der Waals surface area contributed by atoms with Gasteiger partial charge in [0, 0.05) is 13.2 Å². The van der Waals surface area contributed by atoms with Crippen molar-refractivity contribution in [3.8, 4) is 6.07 Å². The highest BCUT2D eigenvalue weighted by Crippen LogP contribution is 2.18. The number of nitrogens with one attached hydrogen (secondary N) is 1. The first-order chi connectivity index (χ1) is 9.65. The summed E-state index contributed by atoms with van der Waals surface area (Å²) >= 11 is 0. The lowest BCUT2D eigenvalue weighted by Crippen LogP contribution is -2.44. The van der Waals surface area contributed by atoms with Crippen LogP contribution in [0.1, 0.15) is 46.0 Å². The van der Waals surface area contributed by atoms with E-state index in [9.17, 15) is 5.26 Å². The van der Waals surface area contributed by atoms with Crippen LogP contribution in [0.15, 0.2) is 0 Å². The van der Waals surface area contributed by atoms with E-state index in [4.69, 9.17) is 4.74 Å². The summed E-state index contributed by atoms with van der Waals surface area (Å²) in [4.78, 5) is 2.39. The Morgan fingerprint density at radius 1 is 1.45 bits per heavy atom. The second-order valence-electron chi connectivity index (χ2n) is 6.03. The fraction of sp³-hybridized carbons (Fsp3) is 0.938. The molecule has 1 rings (SSSR count). The Kier molecular flexibility index (Phi) is 8.13. The van der Waals surface area contributed by atoms with Crippen molar-refractivity contribution < 1.29 is 4.74 Å². The summed E-state index contributed by atoms with van der Waals surface area (Å²) in [6.07, 6.45) is 5.36. The third-order valence-electron chi connectivity index (χ3n) is 4.30. The minimum atomic E-state index is -0.330. The summed E-state index contributed by atoms with van der Waals surface area (Å²) in [5, 5.41) is 12.7. The van der Waals surface area contributed by atoms with Crippen molar-refractivity contribution in [3.05, 3.63) is 0 Å². The molecule has 1 heterocycles. The van der Waals surface area contributed by atoms with E-state index in [-0.39, 0.29) is 5.54 Å². The van der Waals surface area contributed by atoms with Crippen LogP contribution in [0.4, 0.5) is 0 Å². The summed E-state index contributed by atoms with van der Waals surface area (Å²) < 4.78 is 5.53. The van der Waals surface area contributed by atoms with Gasteiger partial charge < -0.3 is 9.64 Å². The molecule has 0 aliphatic carbocycles. The maximum absolute atomic E-state index is 9.39. The van der Waals surface area contributed by atoms with E-state index >= 15 is 0 Å². The number of hydrogen-bond acceptors (Lipinski definition) is 4. The summed E-state index contributed by atoms with van der Waals surface area (Å²) in [5.41, 5.74) is -0.330. The fourth-order valence-electron chi connectivity index (χ4n) is 3.04. The zero-order chi connectivity index (χ0) is 14.8. The van der Waals surface area contributed by atoms with Crippen molar-refractivity contribution in [2.75, 3.05) is 39.9 Å². The predicted molar refractivity (Wildman–Crippen MR) is 82.6 cm³/mol. The van der Waals surface area contributed by atoms with Gasteiger partial charge in [0.1, 0.15) is 5.54 Å². The second-order valence-corrected chi connectivity index (χ2v) is 6.03. The van der Waals surface area contributed by atoms with Crippen LogP contribution in [0.25, 0.3) is 0 Å². The third kappa shape index (κ3) is 5.78. The largest absolute Gasteiger partial charge is 0.381 e. The molecule has 0 saturated carbocycles. The number of nitriles is 1. The van der Waals surface area contributed by atoms with Gasteiger partial charge in [-0.3, -0.25) is 5.32 Å². The molecule has 0 aromatic rings. The molecule has 2 unspecified atom stereocenters. The van der Waals surface area contributed by atoms with Crippen molar-refractivity contribution in [1.82, 2.24) is 10.2 Å². The molecule has 1 fully saturated rings. The maximum atomic E-state index is 9.39. The van der Waals surface area contributed by atoms with Crippen LogP contribution in [0, 0.1) is 17.2 Å². The smallest absolute Gasteiger partial charge is 0.106 e. The summed E-state index contributed by atoms with van der Waals surface area (Å²) in [6.45, 7) is 9.05. The molecule has 1 aliphatic heterocycles. The Morgan fingerprint density at radius 2 is 2.25 bits per heavy atom. The fourth-order valence-corrected chi connectivity index (χ4v) is 3.04. The highest BCUT2D eigenvalue weighted by molar-refractivity contribution is 5.05. The Hall–Kier alpha value is -0.630. The highest BCUT2D eigenvalue weighted by Gasteiger charge is 2.26. The predicted octanol–water partition coefficient (Wildman–Crippen LogP) is 2.41. The van der Waals surface area contributed by atoms with Gasteiger partial charge in [0.25, 0.3) is 0 Å². The van der Waals surface area contributed by atoms with Crippen LogP contribution in [0.2, 0.25) is 0 Å². The zero-order valence-corrected chi connectivity index (χ0v) is 13.5. The lowest BCUT2D eigenvalue weighted by molar-refractivity contribution is 0.0417. The molecule has 1 saturated heterocycles. The lowest BCUT2D eigenvalue weighted by Gasteiger charge is -2.29. The van der Waals surface area contributed by atoms with Crippen molar-refractivity contribution in [2.45, 2.75) is 51.5 Å². The van der Waals surface area contributed by atoms with Gasteiger partial charge in [-0.25, -0.2) is 0 Å². The van der Waals surface area contributed by atoms with E-state index in [0.717, 1.165) is 52.1 Å². The molecule has 0 bridgehead atoms. The van der Waals surface area contributed by atoms with Crippen LogP contribution >= 0.6 is 0 Å². The molecule has 116 valence electrons. The molecular weight excluding hydrogens is 250 g/mol. The van der Waals surface area contributed by atoms with Crippen molar-refractivity contribution in [3.63, 3.8) is 0 Å². The first-order valence-electron chi connectivity index (χ1n) is 8.08. The molecule has 0 aromatic carbocycles. The zero-order valence-electron chi connectivity index (χ0n) is 13.5. The Morgan fingerprint density at radius 3 is 2.80 bits per heavy atom. The van der Waals surface area contributed by atoms with Gasteiger partial charge in [0.05, 0.1) is 12.7 Å². The molecular formula is C16H31N3O. The first kappa shape index (κ1) is 17.4. The van der Waals surface area contributed by atoms with Crippen LogP contribution < -0.4 is 5.32 Å². The highest BCUT2D eigenvalue weighted by atomic mass is 16.5. The van der Waals surface area contributed by atoms with E-state index < -0.39 is 0 Å². The van der Waals surface area contributed by atoms with Crippen LogP contribution in [-0.2, 0) is 4.74 Å².